The standard InChI is InChI=1S/C24H18F6N2O3S/c1-14(2)36(33,34)18-9-4-8-17(13-18)35-16-7-3-6-15(12-16)32-20-11-5-10-19(23(25,26)27)21(20)31-22(32)24(28,29)30/h3-14H,1-2H3. The van der Waals surface area contributed by atoms with Crippen molar-refractivity contribution < 1.29 is 39.5 Å². The Kier molecular flexibility index (Phi) is 6.27. The van der Waals surface area contributed by atoms with E-state index in [1.54, 1.807) is 0 Å². The fourth-order valence-electron chi connectivity index (χ4n) is 3.59. The molecular weight excluding hydrogens is 510 g/mol. The molecule has 0 saturated carbocycles. The van der Waals surface area contributed by atoms with Crippen LogP contribution in [0.2, 0.25) is 0 Å². The van der Waals surface area contributed by atoms with Crippen LogP contribution in [0.3, 0.4) is 0 Å². The third-order valence-electron chi connectivity index (χ3n) is 5.31. The second-order valence-electron chi connectivity index (χ2n) is 8.11. The highest BCUT2D eigenvalue weighted by atomic mass is 32.2. The molecule has 5 nitrogen and oxygen atoms in total. The van der Waals surface area contributed by atoms with E-state index in [1.165, 1.54) is 62.4 Å². The molecule has 4 rings (SSSR count). The number of alkyl halides is 6. The molecule has 0 bridgehead atoms. The molecule has 0 fully saturated rings. The highest BCUT2D eigenvalue weighted by Crippen LogP contribution is 2.40. The summed E-state index contributed by atoms with van der Waals surface area (Å²) in [6.45, 7) is 3.04. The predicted molar refractivity (Wildman–Crippen MR) is 120 cm³/mol. The maximum atomic E-state index is 13.8. The lowest BCUT2D eigenvalue weighted by atomic mass is 10.1. The molecule has 3 aromatic carbocycles. The van der Waals surface area contributed by atoms with E-state index in [0.717, 1.165) is 12.1 Å². The van der Waals surface area contributed by atoms with Gasteiger partial charge in [0.1, 0.15) is 17.0 Å². The summed E-state index contributed by atoms with van der Waals surface area (Å²) in [7, 11) is -3.61. The average Bonchev–Trinajstić information content (AvgIpc) is 3.19. The minimum absolute atomic E-state index is 0.00537. The first-order chi connectivity index (χ1) is 16.7. The molecule has 0 N–H and O–H groups in total. The van der Waals surface area contributed by atoms with E-state index >= 15 is 0 Å². The number of ether oxygens (including phenoxy) is 1. The Labute approximate surface area is 201 Å². The number of imidazole rings is 1. The summed E-state index contributed by atoms with van der Waals surface area (Å²) in [4.78, 5) is 3.31. The number of fused-ring (bicyclic) bond motifs is 1. The van der Waals surface area contributed by atoms with Gasteiger partial charge in [-0.15, -0.1) is 0 Å². The zero-order valence-corrected chi connectivity index (χ0v) is 19.5. The Balaban J connectivity index is 1.82. The Bertz CT molecular complexity index is 1540. The fourth-order valence-corrected chi connectivity index (χ4v) is 4.68. The van der Waals surface area contributed by atoms with Gasteiger partial charge in [0.25, 0.3) is 0 Å². The molecule has 0 radical (unpaired) electrons. The molecule has 0 aliphatic carbocycles. The van der Waals surface area contributed by atoms with Gasteiger partial charge >= 0.3 is 12.4 Å². The first-order valence-electron chi connectivity index (χ1n) is 10.5. The van der Waals surface area contributed by atoms with E-state index < -0.39 is 44.3 Å². The summed E-state index contributed by atoms with van der Waals surface area (Å²) >= 11 is 0. The molecule has 0 aliphatic rings. The Morgan fingerprint density at radius 3 is 2.06 bits per heavy atom. The van der Waals surface area contributed by atoms with Gasteiger partial charge in [0, 0.05) is 6.07 Å². The topological polar surface area (TPSA) is 61.2 Å². The lowest BCUT2D eigenvalue weighted by Gasteiger charge is -2.14. The maximum absolute atomic E-state index is 13.8. The molecule has 4 aromatic rings. The highest BCUT2D eigenvalue weighted by molar-refractivity contribution is 7.92. The van der Waals surface area contributed by atoms with Crippen LogP contribution in [-0.2, 0) is 22.2 Å². The Hall–Kier alpha value is -3.54. The van der Waals surface area contributed by atoms with E-state index in [-0.39, 0.29) is 27.6 Å². The molecule has 0 spiro atoms. The molecular formula is C24H18F6N2O3S. The zero-order valence-electron chi connectivity index (χ0n) is 18.7. The van der Waals surface area contributed by atoms with E-state index in [1.807, 2.05) is 0 Å². The summed E-state index contributed by atoms with van der Waals surface area (Å²) in [5.41, 5.74) is -2.66. The van der Waals surface area contributed by atoms with Crippen LogP contribution in [0.15, 0.2) is 71.6 Å². The summed E-state index contributed by atoms with van der Waals surface area (Å²) in [6.07, 6.45) is -9.97. The number of nitrogens with zero attached hydrogens (tertiary/aromatic N) is 2. The third kappa shape index (κ3) is 4.77. The number of hydrogen-bond donors (Lipinski definition) is 0. The van der Waals surface area contributed by atoms with Crippen LogP contribution < -0.4 is 4.74 Å². The normalized spacial score (nSPS) is 12.9. The third-order valence-corrected chi connectivity index (χ3v) is 7.46. The Morgan fingerprint density at radius 2 is 1.44 bits per heavy atom. The smallest absolute Gasteiger partial charge is 0.450 e. The van der Waals surface area contributed by atoms with Crippen molar-refractivity contribution in [3.05, 3.63) is 78.1 Å². The molecule has 0 unspecified atom stereocenters. The van der Waals surface area contributed by atoms with E-state index in [9.17, 15) is 34.8 Å². The van der Waals surface area contributed by atoms with E-state index in [2.05, 4.69) is 4.98 Å². The summed E-state index contributed by atoms with van der Waals surface area (Å²) in [6, 6.07) is 13.6. The van der Waals surface area contributed by atoms with Gasteiger partial charge in [-0.3, -0.25) is 4.57 Å². The van der Waals surface area contributed by atoms with Crippen LogP contribution >= 0.6 is 0 Å². The number of aromatic nitrogens is 2. The predicted octanol–water partition coefficient (Wildman–Crippen LogP) is 7.04. The van der Waals surface area contributed by atoms with Crippen molar-refractivity contribution in [3.8, 4) is 17.2 Å². The summed E-state index contributed by atoms with van der Waals surface area (Å²) in [5.74, 6) is -1.38. The van der Waals surface area contributed by atoms with Crippen molar-refractivity contribution in [1.82, 2.24) is 9.55 Å². The first-order valence-corrected chi connectivity index (χ1v) is 12.0. The highest BCUT2D eigenvalue weighted by Gasteiger charge is 2.41. The van der Waals surface area contributed by atoms with Crippen LogP contribution in [0.25, 0.3) is 16.7 Å². The lowest BCUT2D eigenvalue weighted by Crippen LogP contribution is -2.14. The van der Waals surface area contributed by atoms with E-state index in [4.69, 9.17) is 4.74 Å². The molecule has 0 atom stereocenters. The largest absolute Gasteiger partial charge is 0.457 e. The van der Waals surface area contributed by atoms with Crippen molar-refractivity contribution in [2.24, 2.45) is 0 Å². The first kappa shape index (κ1) is 25.5. The molecule has 190 valence electrons. The molecule has 1 aromatic heterocycles. The zero-order chi connectivity index (χ0) is 26.5. The van der Waals surface area contributed by atoms with Gasteiger partial charge in [-0.2, -0.15) is 26.3 Å². The quantitative estimate of drug-likeness (QED) is 0.261. The number of benzene rings is 3. The van der Waals surface area contributed by atoms with Crippen LogP contribution in [0, 0.1) is 0 Å². The van der Waals surface area contributed by atoms with Gasteiger partial charge in [-0.1, -0.05) is 18.2 Å². The van der Waals surface area contributed by atoms with Crippen molar-refractivity contribution in [1.29, 1.82) is 0 Å². The van der Waals surface area contributed by atoms with Crippen molar-refractivity contribution in [2.75, 3.05) is 0 Å². The van der Waals surface area contributed by atoms with Crippen LogP contribution in [0.4, 0.5) is 26.3 Å². The van der Waals surface area contributed by atoms with Gasteiger partial charge in [-0.05, 0) is 56.3 Å². The van der Waals surface area contributed by atoms with Crippen molar-refractivity contribution in [3.63, 3.8) is 0 Å². The van der Waals surface area contributed by atoms with Crippen molar-refractivity contribution in [2.45, 2.75) is 36.3 Å². The monoisotopic (exact) mass is 528 g/mol. The molecule has 0 amide bonds. The number of sulfone groups is 1. The van der Waals surface area contributed by atoms with Gasteiger partial charge in [0.2, 0.25) is 5.82 Å². The fraction of sp³-hybridized carbons (Fsp3) is 0.208. The minimum Gasteiger partial charge on any atom is -0.457 e. The van der Waals surface area contributed by atoms with Gasteiger partial charge in [-0.25, -0.2) is 13.4 Å². The lowest BCUT2D eigenvalue weighted by molar-refractivity contribution is -0.146. The number of hydrogen-bond acceptors (Lipinski definition) is 4. The number of halogens is 6. The second kappa shape index (κ2) is 8.84. The SMILES string of the molecule is CC(C)S(=O)(=O)c1cccc(Oc2cccc(-n3c(C(F)(F)F)nc4c(C(F)(F)F)cccc43)c2)c1. The Morgan fingerprint density at radius 1 is 0.833 bits per heavy atom. The number of rotatable bonds is 5. The molecule has 36 heavy (non-hydrogen) atoms. The van der Waals surface area contributed by atoms with Crippen molar-refractivity contribution >= 4 is 20.9 Å². The van der Waals surface area contributed by atoms with Gasteiger partial charge in [0.15, 0.2) is 9.84 Å². The van der Waals surface area contributed by atoms with Gasteiger partial charge < -0.3 is 4.74 Å². The molecule has 0 saturated heterocycles. The van der Waals surface area contributed by atoms with Gasteiger partial charge in [0.05, 0.1) is 26.9 Å². The second-order valence-corrected chi connectivity index (χ2v) is 10.6. The minimum atomic E-state index is -5.06. The summed E-state index contributed by atoms with van der Waals surface area (Å²) in [5, 5.41) is -0.687. The van der Waals surface area contributed by atoms with Crippen LogP contribution in [0.1, 0.15) is 25.2 Å². The molecule has 1 heterocycles. The maximum Gasteiger partial charge on any atom is 0.450 e. The average molecular weight is 528 g/mol. The number of para-hydroxylation sites is 1. The molecule has 0 aliphatic heterocycles. The van der Waals surface area contributed by atoms with Crippen LogP contribution in [-0.4, -0.2) is 23.2 Å². The van der Waals surface area contributed by atoms with E-state index in [0.29, 0.717) is 10.6 Å². The molecule has 12 heteroatoms. The summed E-state index contributed by atoms with van der Waals surface area (Å²) < 4.78 is 113. The van der Waals surface area contributed by atoms with Crippen LogP contribution in [0.5, 0.6) is 11.5 Å².